The van der Waals surface area contributed by atoms with Crippen LogP contribution in [0.2, 0.25) is 0 Å². The van der Waals surface area contributed by atoms with Gasteiger partial charge in [-0.3, -0.25) is 0 Å². The van der Waals surface area contributed by atoms with Crippen LogP contribution in [0.4, 0.5) is 0 Å². The number of aliphatic hydroxyl groups excluding tert-OH is 1. The second kappa shape index (κ2) is 10.4. The first-order valence-electron chi connectivity index (χ1n) is 9.06. The van der Waals surface area contributed by atoms with Gasteiger partial charge in [-0.15, -0.1) is 0 Å². The van der Waals surface area contributed by atoms with E-state index in [1.165, 1.54) is 5.56 Å². The SMILES string of the molecule is OC[C@H](OCc1ccccc1)[C@@H](NCc1ccccc1)c1ccccc1Br. The predicted octanol–water partition coefficient (Wildman–Crippen LogP) is 4.86. The highest BCUT2D eigenvalue weighted by molar-refractivity contribution is 9.10. The summed E-state index contributed by atoms with van der Waals surface area (Å²) in [7, 11) is 0. The fourth-order valence-corrected chi connectivity index (χ4v) is 3.56. The van der Waals surface area contributed by atoms with Gasteiger partial charge in [-0.2, -0.15) is 0 Å². The molecule has 3 aromatic carbocycles. The second-order valence-corrected chi connectivity index (χ2v) is 7.24. The van der Waals surface area contributed by atoms with E-state index in [9.17, 15) is 5.11 Å². The normalized spacial score (nSPS) is 13.3. The van der Waals surface area contributed by atoms with Crippen LogP contribution in [0.25, 0.3) is 0 Å². The van der Waals surface area contributed by atoms with Crippen molar-refractivity contribution in [1.82, 2.24) is 5.32 Å². The highest BCUT2D eigenvalue weighted by Crippen LogP contribution is 2.28. The molecule has 0 heterocycles. The zero-order valence-corrected chi connectivity index (χ0v) is 16.7. The molecule has 0 radical (unpaired) electrons. The van der Waals surface area contributed by atoms with Gasteiger partial charge >= 0.3 is 0 Å². The second-order valence-electron chi connectivity index (χ2n) is 6.38. The number of benzene rings is 3. The molecule has 3 aromatic rings. The van der Waals surface area contributed by atoms with E-state index in [1.807, 2.05) is 66.7 Å². The van der Waals surface area contributed by atoms with Gasteiger partial charge in [0.05, 0.1) is 19.3 Å². The average Bonchev–Trinajstić information content (AvgIpc) is 2.73. The third kappa shape index (κ3) is 5.75. The highest BCUT2D eigenvalue weighted by atomic mass is 79.9. The van der Waals surface area contributed by atoms with Gasteiger partial charge in [0.15, 0.2) is 0 Å². The first-order valence-corrected chi connectivity index (χ1v) is 9.85. The van der Waals surface area contributed by atoms with E-state index in [1.54, 1.807) is 0 Å². The van der Waals surface area contributed by atoms with Gasteiger partial charge in [0.25, 0.3) is 0 Å². The Morgan fingerprint density at radius 2 is 1.41 bits per heavy atom. The van der Waals surface area contributed by atoms with E-state index in [0.717, 1.165) is 15.6 Å². The number of aliphatic hydroxyl groups is 1. The first kappa shape index (κ1) is 19.8. The van der Waals surface area contributed by atoms with Gasteiger partial charge in [0.1, 0.15) is 6.10 Å². The molecule has 0 fully saturated rings. The van der Waals surface area contributed by atoms with Crippen LogP contribution in [0.15, 0.2) is 89.4 Å². The Morgan fingerprint density at radius 3 is 2.04 bits per heavy atom. The van der Waals surface area contributed by atoms with E-state index < -0.39 is 0 Å². The quantitative estimate of drug-likeness (QED) is 0.514. The Balaban J connectivity index is 1.77. The summed E-state index contributed by atoms with van der Waals surface area (Å²) in [5, 5.41) is 13.6. The third-order valence-electron chi connectivity index (χ3n) is 4.47. The molecule has 0 bridgehead atoms. The van der Waals surface area contributed by atoms with Crippen molar-refractivity contribution in [3.05, 3.63) is 106 Å². The molecular weight excluding hydrogens is 402 g/mol. The lowest BCUT2D eigenvalue weighted by Gasteiger charge is -2.28. The number of hydrogen-bond donors (Lipinski definition) is 2. The summed E-state index contributed by atoms with van der Waals surface area (Å²) in [6.07, 6.45) is -0.368. The van der Waals surface area contributed by atoms with Crippen LogP contribution in [-0.2, 0) is 17.9 Å². The van der Waals surface area contributed by atoms with Crippen molar-refractivity contribution < 1.29 is 9.84 Å². The van der Waals surface area contributed by atoms with Crippen molar-refractivity contribution in [2.45, 2.75) is 25.3 Å². The standard InChI is InChI=1S/C23H24BrNO2/c24-21-14-8-7-13-20(21)23(25-15-18-9-3-1-4-10-18)22(16-26)27-17-19-11-5-2-6-12-19/h1-14,22-23,25-26H,15-17H2/t22-,23-/m0/s1. The van der Waals surface area contributed by atoms with Crippen molar-refractivity contribution in [2.75, 3.05) is 6.61 Å². The molecule has 0 aliphatic rings. The minimum absolute atomic E-state index is 0.0688. The Hall–Kier alpha value is -1.98. The lowest BCUT2D eigenvalue weighted by molar-refractivity contribution is -0.0212. The van der Waals surface area contributed by atoms with Crippen LogP contribution in [0.3, 0.4) is 0 Å². The summed E-state index contributed by atoms with van der Waals surface area (Å²) in [5.74, 6) is 0. The van der Waals surface area contributed by atoms with Crippen LogP contribution < -0.4 is 5.32 Å². The fourth-order valence-electron chi connectivity index (χ4n) is 3.02. The van der Waals surface area contributed by atoms with Crippen molar-refractivity contribution in [3.8, 4) is 0 Å². The first-order chi connectivity index (χ1) is 13.3. The van der Waals surface area contributed by atoms with E-state index in [-0.39, 0.29) is 18.8 Å². The van der Waals surface area contributed by atoms with Crippen LogP contribution >= 0.6 is 15.9 Å². The summed E-state index contributed by atoms with van der Waals surface area (Å²) >= 11 is 3.64. The molecule has 0 aliphatic heterocycles. The molecule has 0 aliphatic carbocycles. The van der Waals surface area contributed by atoms with Gasteiger partial charge in [-0.05, 0) is 22.8 Å². The minimum atomic E-state index is -0.368. The fraction of sp³-hybridized carbons (Fsp3) is 0.217. The lowest BCUT2D eigenvalue weighted by atomic mass is 10.0. The van der Waals surface area contributed by atoms with Crippen molar-refractivity contribution in [1.29, 1.82) is 0 Å². The molecule has 0 aromatic heterocycles. The Morgan fingerprint density at radius 1 is 0.815 bits per heavy atom. The summed E-state index contributed by atoms with van der Waals surface area (Å²) in [6, 6.07) is 28.2. The molecule has 0 unspecified atom stereocenters. The smallest absolute Gasteiger partial charge is 0.100 e. The van der Waals surface area contributed by atoms with Crippen molar-refractivity contribution in [2.24, 2.45) is 0 Å². The van der Waals surface area contributed by atoms with E-state index >= 15 is 0 Å². The minimum Gasteiger partial charge on any atom is -0.394 e. The van der Waals surface area contributed by atoms with E-state index in [2.05, 4.69) is 39.4 Å². The maximum absolute atomic E-state index is 10.0. The maximum Gasteiger partial charge on any atom is 0.100 e. The molecule has 0 saturated carbocycles. The summed E-state index contributed by atoms with van der Waals surface area (Å²) in [6.45, 7) is 1.08. The molecule has 2 atom stereocenters. The third-order valence-corrected chi connectivity index (χ3v) is 5.19. The number of hydrogen-bond acceptors (Lipinski definition) is 3. The van der Waals surface area contributed by atoms with E-state index in [4.69, 9.17) is 4.74 Å². The number of ether oxygens (including phenoxy) is 1. The number of rotatable bonds is 9. The maximum atomic E-state index is 10.0. The molecule has 140 valence electrons. The molecule has 0 amide bonds. The number of nitrogens with one attached hydrogen (secondary N) is 1. The zero-order chi connectivity index (χ0) is 18.9. The van der Waals surface area contributed by atoms with Gasteiger partial charge in [-0.25, -0.2) is 0 Å². The van der Waals surface area contributed by atoms with Crippen LogP contribution in [0.5, 0.6) is 0 Å². The Labute approximate surface area is 169 Å². The lowest BCUT2D eigenvalue weighted by Crippen LogP contribution is -2.36. The molecule has 0 saturated heterocycles. The molecule has 3 rings (SSSR count). The monoisotopic (exact) mass is 425 g/mol. The van der Waals surface area contributed by atoms with Crippen molar-refractivity contribution in [3.63, 3.8) is 0 Å². The largest absolute Gasteiger partial charge is 0.394 e. The van der Waals surface area contributed by atoms with E-state index in [0.29, 0.717) is 13.2 Å². The molecule has 3 nitrogen and oxygen atoms in total. The predicted molar refractivity (Wildman–Crippen MR) is 112 cm³/mol. The topological polar surface area (TPSA) is 41.5 Å². The molecule has 27 heavy (non-hydrogen) atoms. The highest BCUT2D eigenvalue weighted by Gasteiger charge is 2.25. The number of halogens is 1. The van der Waals surface area contributed by atoms with Gasteiger partial charge in [0.2, 0.25) is 0 Å². The van der Waals surface area contributed by atoms with Crippen LogP contribution in [-0.4, -0.2) is 17.8 Å². The van der Waals surface area contributed by atoms with Gasteiger partial charge in [-0.1, -0.05) is 94.8 Å². The summed E-state index contributed by atoms with van der Waals surface area (Å²) in [4.78, 5) is 0. The Bertz CT molecular complexity index is 811. The molecular formula is C23H24BrNO2. The molecule has 2 N–H and O–H groups in total. The molecule has 4 heteroatoms. The zero-order valence-electron chi connectivity index (χ0n) is 15.1. The van der Waals surface area contributed by atoms with Crippen LogP contribution in [0, 0.1) is 0 Å². The van der Waals surface area contributed by atoms with Gasteiger partial charge < -0.3 is 15.2 Å². The van der Waals surface area contributed by atoms with Crippen LogP contribution in [0.1, 0.15) is 22.7 Å². The Kier molecular flexibility index (Phi) is 7.60. The average molecular weight is 426 g/mol. The van der Waals surface area contributed by atoms with Crippen molar-refractivity contribution >= 4 is 15.9 Å². The molecule has 0 spiro atoms. The summed E-state index contributed by atoms with van der Waals surface area (Å²) in [5.41, 5.74) is 3.35. The van der Waals surface area contributed by atoms with Gasteiger partial charge in [0, 0.05) is 11.0 Å². The summed E-state index contributed by atoms with van der Waals surface area (Å²) < 4.78 is 7.10.